The molecule has 1 atom stereocenters. The Bertz CT molecular complexity index is 624. The molecule has 0 bridgehead atoms. The molecule has 21 heavy (non-hydrogen) atoms. The summed E-state index contributed by atoms with van der Waals surface area (Å²) in [4.78, 5) is 28.7. The Hall–Kier alpha value is -2.75. The van der Waals surface area contributed by atoms with E-state index in [2.05, 4.69) is 4.98 Å². The van der Waals surface area contributed by atoms with Crippen LogP contribution in [0.15, 0.2) is 60.8 Å². The van der Waals surface area contributed by atoms with Crippen LogP contribution < -0.4 is 0 Å². The number of rotatable bonds is 5. The first kappa shape index (κ1) is 14.7. The van der Waals surface area contributed by atoms with Gasteiger partial charge >= 0.3 is 0 Å². The van der Waals surface area contributed by atoms with Crippen molar-refractivity contribution in [1.82, 2.24) is 9.88 Å². The standard InChI is InChI=1S/C17H15N2O2/c1-19(16(13-20)15-9-5-6-12-18-15)17(21)11-10-14-7-3-2-4-8-14/h2-12,16H,1H3. The molecule has 0 aliphatic carbocycles. The van der Waals surface area contributed by atoms with E-state index in [4.69, 9.17) is 0 Å². The number of hydrogen-bond acceptors (Lipinski definition) is 3. The second-order valence-corrected chi connectivity index (χ2v) is 4.47. The Morgan fingerprint density at radius 1 is 1.19 bits per heavy atom. The van der Waals surface area contributed by atoms with Crippen LogP contribution in [-0.2, 0) is 9.59 Å². The highest BCUT2D eigenvalue weighted by atomic mass is 16.2. The minimum absolute atomic E-state index is 0.280. The molecule has 4 heteroatoms. The van der Waals surface area contributed by atoms with E-state index in [1.165, 1.54) is 11.0 Å². The fourth-order valence-electron chi connectivity index (χ4n) is 1.85. The van der Waals surface area contributed by atoms with Crippen LogP contribution in [0.5, 0.6) is 0 Å². The van der Waals surface area contributed by atoms with Crippen molar-refractivity contribution in [3.8, 4) is 0 Å². The molecule has 1 heterocycles. The number of aromatic nitrogens is 1. The topological polar surface area (TPSA) is 50.3 Å². The lowest BCUT2D eigenvalue weighted by molar-refractivity contribution is -0.125. The molecule has 0 saturated carbocycles. The normalized spacial score (nSPS) is 12.0. The van der Waals surface area contributed by atoms with Gasteiger partial charge in [-0.05, 0) is 23.8 Å². The van der Waals surface area contributed by atoms with E-state index in [1.807, 2.05) is 36.6 Å². The third kappa shape index (κ3) is 3.86. The van der Waals surface area contributed by atoms with Crippen LogP contribution in [-0.4, -0.2) is 29.1 Å². The van der Waals surface area contributed by atoms with Crippen molar-refractivity contribution >= 4 is 18.3 Å². The molecule has 0 aliphatic rings. The molecule has 1 aromatic heterocycles. The summed E-state index contributed by atoms with van der Waals surface area (Å²) in [5.41, 5.74) is 1.42. The summed E-state index contributed by atoms with van der Waals surface area (Å²) < 4.78 is 0. The number of hydrogen-bond donors (Lipinski definition) is 0. The highest BCUT2D eigenvalue weighted by molar-refractivity contribution is 5.93. The van der Waals surface area contributed by atoms with Crippen molar-refractivity contribution < 1.29 is 9.59 Å². The highest BCUT2D eigenvalue weighted by Crippen LogP contribution is 2.15. The molecule has 1 amide bonds. The van der Waals surface area contributed by atoms with Gasteiger partial charge in [-0.3, -0.25) is 14.6 Å². The lowest BCUT2D eigenvalue weighted by atomic mass is 10.1. The number of carbonyl (C=O) groups excluding carboxylic acids is 2. The van der Waals surface area contributed by atoms with Gasteiger partial charge in [-0.15, -0.1) is 0 Å². The van der Waals surface area contributed by atoms with Crippen LogP contribution in [0.2, 0.25) is 0 Å². The first-order valence-corrected chi connectivity index (χ1v) is 6.51. The third-order valence-corrected chi connectivity index (χ3v) is 3.03. The van der Waals surface area contributed by atoms with Gasteiger partial charge in [0.2, 0.25) is 12.2 Å². The second-order valence-electron chi connectivity index (χ2n) is 4.47. The minimum Gasteiger partial charge on any atom is -0.326 e. The zero-order valence-corrected chi connectivity index (χ0v) is 11.6. The van der Waals surface area contributed by atoms with Crippen molar-refractivity contribution in [2.75, 3.05) is 7.05 Å². The van der Waals surface area contributed by atoms with E-state index in [0.29, 0.717) is 5.69 Å². The smallest absolute Gasteiger partial charge is 0.247 e. The summed E-state index contributed by atoms with van der Waals surface area (Å²) in [7, 11) is 1.56. The SMILES string of the molecule is CN(C(=O)C=Cc1ccccc1)C([C]=O)c1ccccn1. The molecular formula is C17H15N2O2. The van der Waals surface area contributed by atoms with Crippen molar-refractivity contribution in [2.24, 2.45) is 0 Å². The second kappa shape index (κ2) is 7.14. The van der Waals surface area contributed by atoms with E-state index < -0.39 is 6.04 Å². The van der Waals surface area contributed by atoms with E-state index >= 15 is 0 Å². The maximum Gasteiger partial charge on any atom is 0.247 e. The number of benzene rings is 1. The van der Waals surface area contributed by atoms with Gasteiger partial charge in [0.15, 0.2) is 0 Å². The molecule has 0 aliphatic heterocycles. The molecule has 2 aromatic rings. The van der Waals surface area contributed by atoms with Crippen molar-refractivity contribution in [1.29, 1.82) is 0 Å². The van der Waals surface area contributed by atoms with Crippen LogP contribution in [0.3, 0.4) is 0 Å². The number of amides is 1. The first-order chi connectivity index (χ1) is 10.2. The highest BCUT2D eigenvalue weighted by Gasteiger charge is 2.21. The zero-order chi connectivity index (χ0) is 15.1. The number of likely N-dealkylation sites (N-methyl/N-ethyl adjacent to an activating group) is 1. The summed E-state index contributed by atoms with van der Waals surface area (Å²) in [6, 6.07) is 13.9. The van der Waals surface area contributed by atoms with E-state index in [0.717, 1.165) is 5.56 Å². The van der Waals surface area contributed by atoms with Gasteiger partial charge in [0.25, 0.3) is 0 Å². The Morgan fingerprint density at radius 2 is 1.90 bits per heavy atom. The largest absolute Gasteiger partial charge is 0.326 e. The minimum atomic E-state index is -0.806. The van der Waals surface area contributed by atoms with Gasteiger partial charge in [-0.1, -0.05) is 36.4 Å². The molecule has 0 N–H and O–H groups in total. The molecule has 105 valence electrons. The molecular weight excluding hydrogens is 264 g/mol. The zero-order valence-electron chi connectivity index (χ0n) is 11.6. The predicted molar refractivity (Wildman–Crippen MR) is 80.9 cm³/mol. The molecule has 1 unspecified atom stereocenters. The summed E-state index contributed by atoms with van der Waals surface area (Å²) in [6.45, 7) is 0. The van der Waals surface area contributed by atoms with E-state index in [9.17, 15) is 9.59 Å². The van der Waals surface area contributed by atoms with Crippen LogP contribution in [0, 0.1) is 0 Å². The van der Waals surface area contributed by atoms with Gasteiger partial charge in [0.1, 0.15) is 6.04 Å². The lowest BCUT2D eigenvalue weighted by Gasteiger charge is -2.21. The van der Waals surface area contributed by atoms with Gasteiger partial charge in [0, 0.05) is 19.3 Å². The fourth-order valence-corrected chi connectivity index (χ4v) is 1.85. The fraction of sp³-hybridized carbons (Fsp3) is 0.118. The average molecular weight is 279 g/mol. The molecule has 1 aromatic carbocycles. The lowest BCUT2D eigenvalue weighted by Crippen LogP contribution is -2.31. The Kier molecular flexibility index (Phi) is 4.99. The van der Waals surface area contributed by atoms with Crippen molar-refractivity contribution in [2.45, 2.75) is 6.04 Å². The Labute approximate surface area is 123 Å². The first-order valence-electron chi connectivity index (χ1n) is 6.51. The Balaban J connectivity index is 2.11. The summed E-state index contributed by atoms with van der Waals surface area (Å²) in [6.07, 6.45) is 6.58. The number of carbonyl (C=O) groups is 1. The molecule has 0 spiro atoms. The summed E-state index contributed by atoms with van der Waals surface area (Å²) in [5, 5.41) is 0. The van der Waals surface area contributed by atoms with Crippen LogP contribution >= 0.6 is 0 Å². The van der Waals surface area contributed by atoms with Crippen molar-refractivity contribution in [3.05, 3.63) is 72.1 Å². The van der Waals surface area contributed by atoms with E-state index in [-0.39, 0.29) is 5.91 Å². The molecule has 1 radical (unpaired) electrons. The quantitative estimate of drug-likeness (QED) is 0.790. The summed E-state index contributed by atoms with van der Waals surface area (Å²) >= 11 is 0. The van der Waals surface area contributed by atoms with Gasteiger partial charge < -0.3 is 4.90 Å². The maximum absolute atomic E-state index is 12.1. The average Bonchev–Trinajstić information content (AvgIpc) is 2.55. The van der Waals surface area contributed by atoms with Gasteiger partial charge in [0.05, 0.1) is 5.69 Å². The maximum atomic E-state index is 12.1. The number of nitrogens with zero attached hydrogens (tertiary/aromatic N) is 2. The molecule has 2 rings (SSSR count). The monoisotopic (exact) mass is 279 g/mol. The summed E-state index contributed by atoms with van der Waals surface area (Å²) in [5.74, 6) is -0.280. The van der Waals surface area contributed by atoms with Crippen LogP contribution in [0.1, 0.15) is 17.3 Å². The Morgan fingerprint density at radius 3 is 2.52 bits per heavy atom. The third-order valence-electron chi connectivity index (χ3n) is 3.03. The predicted octanol–water partition coefficient (Wildman–Crippen LogP) is 2.40. The van der Waals surface area contributed by atoms with Crippen molar-refractivity contribution in [3.63, 3.8) is 0 Å². The van der Waals surface area contributed by atoms with Crippen LogP contribution in [0.4, 0.5) is 0 Å². The van der Waals surface area contributed by atoms with E-state index in [1.54, 1.807) is 37.5 Å². The number of pyridine rings is 1. The van der Waals surface area contributed by atoms with Crippen LogP contribution in [0.25, 0.3) is 6.08 Å². The molecule has 4 nitrogen and oxygen atoms in total. The van der Waals surface area contributed by atoms with Gasteiger partial charge in [-0.25, -0.2) is 0 Å². The van der Waals surface area contributed by atoms with Gasteiger partial charge in [-0.2, -0.15) is 0 Å². The molecule has 0 saturated heterocycles. The molecule has 0 fully saturated rings.